The Labute approximate surface area is 101 Å². The van der Waals surface area contributed by atoms with Crippen LogP contribution in [-0.4, -0.2) is 38.3 Å². The highest BCUT2D eigenvalue weighted by molar-refractivity contribution is 7.11. The molecular weight excluding hydrogens is 220 g/mol. The predicted molar refractivity (Wildman–Crippen MR) is 67.8 cm³/mol. The van der Waals surface area contributed by atoms with Crippen molar-refractivity contribution in [2.75, 3.05) is 27.2 Å². The van der Waals surface area contributed by atoms with Crippen molar-refractivity contribution in [1.29, 1.82) is 0 Å². The highest BCUT2D eigenvalue weighted by Gasteiger charge is 2.22. The average Bonchev–Trinajstić information content (AvgIpc) is 2.89. The number of hydrogen-bond acceptors (Lipinski definition) is 4. The third-order valence-electron chi connectivity index (χ3n) is 3.01. The summed E-state index contributed by atoms with van der Waals surface area (Å²) in [5.74, 6) is 0. The molecule has 1 aliphatic heterocycles. The molecule has 2 heterocycles. The fraction of sp³-hybridized carbons (Fsp3) is 0.667. The summed E-state index contributed by atoms with van der Waals surface area (Å²) in [6, 6.07) is 4.47. The lowest BCUT2D eigenvalue weighted by Gasteiger charge is -2.13. The van der Waals surface area contributed by atoms with Crippen molar-refractivity contribution in [3.05, 3.63) is 21.9 Å². The first-order chi connectivity index (χ1) is 7.81. The molecule has 2 rings (SSSR count). The van der Waals surface area contributed by atoms with Gasteiger partial charge in [0.25, 0.3) is 0 Å². The lowest BCUT2D eigenvalue weighted by molar-refractivity contribution is 0.107. The van der Waals surface area contributed by atoms with E-state index < -0.39 is 0 Å². The van der Waals surface area contributed by atoms with Gasteiger partial charge in [0.05, 0.1) is 6.10 Å². The Hall–Kier alpha value is -0.420. The molecule has 3 nitrogen and oxygen atoms in total. The molecule has 1 saturated heterocycles. The van der Waals surface area contributed by atoms with Gasteiger partial charge in [0.1, 0.15) is 0 Å². The van der Waals surface area contributed by atoms with Crippen LogP contribution >= 0.6 is 11.3 Å². The van der Waals surface area contributed by atoms with Gasteiger partial charge in [-0.15, -0.1) is 11.3 Å². The first-order valence-electron chi connectivity index (χ1n) is 5.79. The van der Waals surface area contributed by atoms with Crippen LogP contribution in [0.2, 0.25) is 0 Å². The Bertz CT molecular complexity index is 327. The molecule has 0 amide bonds. The van der Waals surface area contributed by atoms with Crippen LogP contribution in [-0.2, 0) is 17.8 Å². The minimum Gasteiger partial charge on any atom is -0.380 e. The molecule has 0 saturated carbocycles. The Kier molecular flexibility index (Phi) is 4.35. The number of ether oxygens (including phenoxy) is 1. The van der Waals surface area contributed by atoms with Crippen LogP contribution in [0.4, 0.5) is 0 Å². The number of methoxy groups -OCH3 is 1. The Morgan fingerprint density at radius 2 is 2.31 bits per heavy atom. The van der Waals surface area contributed by atoms with Gasteiger partial charge >= 0.3 is 0 Å². The Morgan fingerprint density at radius 3 is 3.00 bits per heavy atom. The maximum Gasteiger partial charge on any atom is 0.0710 e. The van der Waals surface area contributed by atoms with E-state index in [1.807, 2.05) is 25.5 Å². The lowest BCUT2D eigenvalue weighted by Crippen LogP contribution is -2.21. The minimum absolute atomic E-state index is 0.441. The largest absolute Gasteiger partial charge is 0.380 e. The molecule has 1 unspecified atom stereocenters. The zero-order chi connectivity index (χ0) is 11.4. The summed E-state index contributed by atoms with van der Waals surface area (Å²) in [6.07, 6.45) is 1.61. The number of thiophene rings is 1. The van der Waals surface area contributed by atoms with E-state index in [9.17, 15) is 0 Å². The van der Waals surface area contributed by atoms with Crippen LogP contribution < -0.4 is 5.32 Å². The third-order valence-corrected chi connectivity index (χ3v) is 4.08. The zero-order valence-corrected chi connectivity index (χ0v) is 10.8. The average molecular weight is 240 g/mol. The maximum absolute atomic E-state index is 5.37. The van der Waals surface area contributed by atoms with E-state index in [1.165, 1.54) is 16.2 Å². The van der Waals surface area contributed by atoms with Crippen molar-refractivity contribution in [3.8, 4) is 0 Å². The fourth-order valence-electron chi connectivity index (χ4n) is 2.13. The molecule has 1 aromatic rings. The van der Waals surface area contributed by atoms with Gasteiger partial charge in [0.2, 0.25) is 0 Å². The highest BCUT2D eigenvalue weighted by Crippen LogP contribution is 2.21. The maximum atomic E-state index is 5.37. The van der Waals surface area contributed by atoms with E-state index in [-0.39, 0.29) is 0 Å². The van der Waals surface area contributed by atoms with Gasteiger partial charge in [-0.3, -0.25) is 4.90 Å². The highest BCUT2D eigenvalue weighted by atomic mass is 32.1. The monoisotopic (exact) mass is 240 g/mol. The number of likely N-dealkylation sites (tertiary alicyclic amines) is 1. The summed E-state index contributed by atoms with van der Waals surface area (Å²) in [6.45, 7) is 4.30. The van der Waals surface area contributed by atoms with E-state index in [4.69, 9.17) is 4.74 Å². The zero-order valence-electron chi connectivity index (χ0n) is 10.0. The van der Waals surface area contributed by atoms with Gasteiger partial charge in [-0.1, -0.05) is 0 Å². The second-order valence-corrected chi connectivity index (χ2v) is 5.53. The number of rotatable bonds is 5. The standard InChI is InChI=1S/C12H20N2OS/c1-13-7-11-3-4-12(16-11)9-14-6-5-10(8-14)15-2/h3-4,10,13H,5-9H2,1-2H3. The summed E-state index contributed by atoms with van der Waals surface area (Å²) in [5, 5.41) is 3.18. The molecular formula is C12H20N2OS. The lowest BCUT2D eigenvalue weighted by atomic mass is 10.3. The molecule has 16 heavy (non-hydrogen) atoms. The summed E-state index contributed by atoms with van der Waals surface area (Å²) >= 11 is 1.91. The fourth-order valence-corrected chi connectivity index (χ4v) is 3.20. The molecule has 0 radical (unpaired) electrons. The van der Waals surface area contributed by atoms with Gasteiger partial charge in [-0.25, -0.2) is 0 Å². The normalized spacial score (nSPS) is 21.8. The van der Waals surface area contributed by atoms with Crippen LogP contribution in [0.25, 0.3) is 0 Å². The molecule has 4 heteroatoms. The molecule has 1 aromatic heterocycles. The SMILES string of the molecule is CNCc1ccc(CN2CCC(OC)C2)s1. The predicted octanol–water partition coefficient (Wildman–Crippen LogP) is 1.69. The Morgan fingerprint density at radius 1 is 1.50 bits per heavy atom. The minimum atomic E-state index is 0.441. The van der Waals surface area contributed by atoms with Crippen LogP contribution in [0.1, 0.15) is 16.2 Å². The van der Waals surface area contributed by atoms with Crippen molar-refractivity contribution < 1.29 is 4.74 Å². The van der Waals surface area contributed by atoms with Gasteiger partial charge in [0, 0.05) is 43.0 Å². The van der Waals surface area contributed by atoms with Crippen LogP contribution in [0.15, 0.2) is 12.1 Å². The quantitative estimate of drug-likeness (QED) is 0.847. The topological polar surface area (TPSA) is 24.5 Å². The first-order valence-corrected chi connectivity index (χ1v) is 6.61. The van der Waals surface area contributed by atoms with Crippen molar-refractivity contribution in [1.82, 2.24) is 10.2 Å². The Balaban J connectivity index is 1.84. The van der Waals surface area contributed by atoms with Gasteiger partial charge in [-0.05, 0) is 25.6 Å². The summed E-state index contributed by atoms with van der Waals surface area (Å²) in [4.78, 5) is 5.35. The summed E-state index contributed by atoms with van der Waals surface area (Å²) in [7, 11) is 3.80. The molecule has 1 atom stereocenters. The van der Waals surface area contributed by atoms with Crippen LogP contribution in [0, 0.1) is 0 Å². The second kappa shape index (κ2) is 5.77. The number of nitrogens with zero attached hydrogens (tertiary/aromatic N) is 1. The van der Waals surface area contributed by atoms with E-state index in [2.05, 4.69) is 22.3 Å². The van der Waals surface area contributed by atoms with Crippen molar-refractivity contribution in [2.45, 2.75) is 25.6 Å². The van der Waals surface area contributed by atoms with E-state index in [0.717, 1.165) is 26.2 Å². The summed E-state index contributed by atoms with van der Waals surface area (Å²) in [5.41, 5.74) is 0. The molecule has 0 bridgehead atoms. The van der Waals surface area contributed by atoms with Gasteiger partial charge in [0.15, 0.2) is 0 Å². The molecule has 1 fully saturated rings. The third kappa shape index (κ3) is 3.04. The van der Waals surface area contributed by atoms with Gasteiger partial charge in [-0.2, -0.15) is 0 Å². The van der Waals surface area contributed by atoms with Gasteiger partial charge < -0.3 is 10.1 Å². The molecule has 1 N–H and O–H groups in total. The summed E-state index contributed by atoms with van der Waals surface area (Å²) < 4.78 is 5.37. The molecule has 90 valence electrons. The second-order valence-electron chi connectivity index (χ2n) is 4.28. The number of hydrogen-bond donors (Lipinski definition) is 1. The van der Waals surface area contributed by atoms with Crippen LogP contribution in [0.3, 0.4) is 0 Å². The smallest absolute Gasteiger partial charge is 0.0710 e. The van der Waals surface area contributed by atoms with Crippen molar-refractivity contribution in [2.24, 2.45) is 0 Å². The van der Waals surface area contributed by atoms with Crippen LogP contribution in [0.5, 0.6) is 0 Å². The van der Waals surface area contributed by atoms with Crippen molar-refractivity contribution >= 4 is 11.3 Å². The first kappa shape index (κ1) is 12.0. The van der Waals surface area contributed by atoms with E-state index in [1.54, 1.807) is 0 Å². The molecule has 0 aromatic carbocycles. The van der Waals surface area contributed by atoms with E-state index >= 15 is 0 Å². The molecule has 0 spiro atoms. The molecule has 1 aliphatic rings. The molecule has 0 aliphatic carbocycles. The number of nitrogens with one attached hydrogen (secondary N) is 1. The van der Waals surface area contributed by atoms with E-state index in [0.29, 0.717) is 6.10 Å². The van der Waals surface area contributed by atoms with Crippen molar-refractivity contribution in [3.63, 3.8) is 0 Å².